The predicted octanol–water partition coefficient (Wildman–Crippen LogP) is 2.09. The Morgan fingerprint density at radius 2 is 2.00 bits per heavy atom. The molecule has 0 aliphatic heterocycles. The van der Waals surface area contributed by atoms with Gasteiger partial charge in [-0.05, 0) is 36.5 Å². The zero-order valence-corrected chi connectivity index (χ0v) is 16.0. The van der Waals surface area contributed by atoms with E-state index in [1.165, 1.54) is 13.1 Å². The van der Waals surface area contributed by atoms with Crippen molar-refractivity contribution >= 4 is 16.0 Å². The van der Waals surface area contributed by atoms with Crippen molar-refractivity contribution in [2.45, 2.75) is 32.0 Å². The maximum atomic E-state index is 12.7. The first kappa shape index (κ1) is 21.5. The first-order valence-corrected chi connectivity index (χ1v) is 10.4. The SMILES string of the molecule is CN=C(NCCS(=O)(=O)NCC1CCC1)NCc1cccc(C(F)(F)F)c1. The van der Waals surface area contributed by atoms with Crippen molar-refractivity contribution in [3.8, 4) is 0 Å². The molecule has 0 heterocycles. The molecule has 152 valence electrons. The van der Waals surface area contributed by atoms with E-state index in [-0.39, 0.29) is 18.8 Å². The molecule has 1 aromatic carbocycles. The number of halogens is 3. The Morgan fingerprint density at radius 1 is 1.26 bits per heavy atom. The number of guanidine groups is 1. The van der Waals surface area contributed by atoms with E-state index in [1.54, 1.807) is 6.07 Å². The van der Waals surface area contributed by atoms with Crippen LogP contribution in [-0.2, 0) is 22.7 Å². The van der Waals surface area contributed by atoms with Gasteiger partial charge in [-0.25, -0.2) is 13.1 Å². The summed E-state index contributed by atoms with van der Waals surface area (Å²) in [6.07, 6.45) is -1.11. The highest BCUT2D eigenvalue weighted by molar-refractivity contribution is 7.89. The number of hydrogen-bond acceptors (Lipinski definition) is 3. The van der Waals surface area contributed by atoms with Crippen LogP contribution in [0.2, 0.25) is 0 Å². The number of hydrogen-bond donors (Lipinski definition) is 3. The number of nitrogens with one attached hydrogen (secondary N) is 3. The quantitative estimate of drug-likeness (QED) is 0.456. The Balaban J connectivity index is 1.75. The lowest BCUT2D eigenvalue weighted by Gasteiger charge is -2.25. The molecular formula is C17H25F3N4O2S. The monoisotopic (exact) mass is 406 g/mol. The van der Waals surface area contributed by atoms with E-state index in [0.717, 1.165) is 31.4 Å². The Kier molecular flexibility index (Phi) is 7.49. The van der Waals surface area contributed by atoms with Crippen molar-refractivity contribution in [2.24, 2.45) is 10.9 Å². The molecule has 1 saturated carbocycles. The molecule has 1 aliphatic rings. The second-order valence-corrected chi connectivity index (χ2v) is 8.44. The van der Waals surface area contributed by atoms with Gasteiger partial charge in [0, 0.05) is 26.7 Å². The average Bonchev–Trinajstić information content (AvgIpc) is 2.56. The van der Waals surface area contributed by atoms with Gasteiger partial charge in [-0.15, -0.1) is 0 Å². The van der Waals surface area contributed by atoms with E-state index in [0.29, 0.717) is 24.0 Å². The van der Waals surface area contributed by atoms with Crippen LogP contribution in [0, 0.1) is 5.92 Å². The Hall–Kier alpha value is -1.81. The van der Waals surface area contributed by atoms with Gasteiger partial charge >= 0.3 is 6.18 Å². The summed E-state index contributed by atoms with van der Waals surface area (Å²) in [6, 6.07) is 4.99. The van der Waals surface area contributed by atoms with Crippen LogP contribution >= 0.6 is 0 Å². The van der Waals surface area contributed by atoms with Crippen molar-refractivity contribution in [3.63, 3.8) is 0 Å². The highest BCUT2D eigenvalue weighted by Crippen LogP contribution is 2.29. The van der Waals surface area contributed by atoms with Crippen molar-refractivity contribution in [1.29, 1.82) is 0 Å². The van der Waals surface area contributed by atoms with E-state index in [2.05, 4.69) is 20.3 Å². The smallest absolute Gasteiger partial charge is 0.355 e. The molecule has 1 aromatic rings. The molecule has 2 rings (SSSR count). The van der Waals surface area contributed by atoms with Gasteiger partial charge in [0.25, 0.3) is 0 Å². The number of benzene rings is 1. The summed E-state index contributed by atoms with van der Waals surface area (Å²) in [5.41, 5.74) is -0.268. The van der Waals surface area contributed by atoms with Gasteiger partial charge < -0.3 is 10.6 Å². The van der Waals surface area contributed by atoms with Crippen LogP contribution in [0.3, 0.4) is 0 Å². The molecule has 3 N–H and O–H groups in total. The molecule has 27 heavy (non-hydrogen) atoms. The maximum Gasteiger partial charge on any atom is 0.416 e. The van der Waals surface area contributed by atoms with Crippen LogP contribution in [0.4, 0.5) is 13.2 Å². The largest absolute Gasteiger partial charge is 0.416 e. The van der Waals surface area contributed by atoms with Gasteiger partial charge in [0.15, 0.2) is 5.96 Å². The van der Waals surface area contributed by atoms with Gasteiger partial charge in [-0.3, -0.25) is 4.99 Å². The number of rotatable bonds is 8. The van der Waals surface area contributed by atoms with Crippen LogP contribution in [0.25, 0.3) is 0 Å². The summed E-state index contributed by atoms with van der Waals surface area (Å²) in [5.74, 6) is 0.653. The third-order valence-corrected chi connectivity index (χ3v) is 5.77. The zero-order chi connectivity index (χ0) is 19.9. The summed E-state index contributed by atoms with van der Waals surface area (Å²) in [4.78, 5) is 3.95. The summed E-state index contributed by atoms with van der Waals surface area (Å²) in [5, 5.41) is 5.73. The summed E-state index contributed by atoms with van der Waals surface area (Å²) in [6.45, 7) is 0.753. The van der Waals surface area contributed by atoms with Gasteiger partial charge in [-0.1, -0.05) is 18.6 Å². The molecule has 0 bridgehead atoms. The van der Waals surface area contributed by atoms with Gasteiger partial charge in [0.2, 0.25) is 10.0 Å². The molecule has 1 fully saturated rings. The normalized spacial score (nSPS) is 16.1. The minimum Gasteiger partial charge on any atom is -0.355 e. The molecule has 10 heteroatoms. The second kappa shape index (κ2) is 9.41. The topological polar surface area (TPSA) is 82.6 Å². The van der Waals surface area contributed by atoms with Crippen LogP contribution in [0.15, 0.2) is 29.3 Å². The van der Waals surface area contributed by atoms with E-state index in [4.69, 9.17) is 0 Å². The van der Waals surface area contributed by atoms with Crippen LogP contribution in [-0.4, -0.2) is 40.3 Å². The van der Waals surface area contributed by atoms with Gasteiger partial charge in [0.05, 0.1) is 11.3 Å². The third-order valence-electron chi connectivity index (χ3n) is 4.42. The molecule has 0 aromatic heterocycles. The average molecular weight is 406 g/mol. The number of alkyl halides is 3. The number of nitrogens with zero attached hydrogens (tertiary/aromatic N) is 1. The fourth-order valence-corrected chi connectivity index (χ4v) is 3.59. The van der Waals surface area contributed by atoms with Crippen LogP contribution in [0.5, 0.6) is 0 Å². The molecule has 1 aliphatic carbocycles. The number of aliphatic imine (C=N–C) groups is 1. The van der Waals surface area contributed by atoms with Crippen LogP contribution in [0.1, 0.15) is 30.4 Å². The van der Waals surface area contributed by atoms with Crippen molar-refractivity contribution in [1.82, 2.24) is 15.4 Å². The van der Waals surface area contributed by atoms with E-state index in [1.807, 2.05) is 0 Å². The molecule has 0 amide bonds. The Labute approximate surface area is 157 Å². The minimum atomic E-state index is -4.39. The standard InChI is InChI=1S/C17H25F3N4O2S/c1-21-16(22-8-9-27(25,26)24-12-13-4-2-5-13)23-11-14-6-3-7-15(10-14)17(18,19)20/h3,6-7,10,13,24H,2,4-5,8-9,11-12H2,1H3,(H2,21,22,23). The van der Waals surface area contributed by atoms with E-state index in [9.17, 15) is 21.6 Å². The summed E-state index contributed by atoms with van der Waals surface area (Å²) >= 11 is 0. The molecule has 6 nitrogen and oxygen atoms in total. The van der Waals surface area contributed by atoms with Crippen molar-refractivity contribution in [2.75, 3.05) is 25.9 Å². The summed E-state index contributed by atoms with van der Waals surface area (Å²) in [7, 11) is -1.86. The molecular weight excluding hydrogens is 381 g/mol. The fraction of sp³-hybridized carbons (Fsp3) is 0.588. The third kappa shape index (κ3) is 7.37. The lowest BCUT2D eigenvalue weighted by molar-refractivity contribution is -0.137. The predicted molar refractivity (Wildman–Crippen MR) is 98.8 cm³/mol. The van der Waals surface area contributed by atoms with Gasteiger partial charge in [-0.2, -0.15) is 13.2 Å². The maximum absolute atomic E-state index is 12.7. The van der Waals surface area contributed by atoms with E-state index < -0.39 is 21.8 Å². The molecule has 0 saturated heterocycles. The minimum absolute atomic E-state index is 0.107. The zero-order valence-electron chi connectivity index (χ0n) is 15.1. The van der Waals surface area contributed by atoms with Crippen LogP contribution < -0.4 is 15.4 Å². The van der Waals surface area contributed by atoms with Crippen molar-refractivity contribution < 1.29 is 21.6 Å². The van der Waals surface area contributed by atoms with Crippen molar-refractivity contribution in [3.05, 3.63) is 35.4 Å². The molecule has 0 spiro atoms. The molecule has 0 radical (unpaired) electrons. The highest BCUT2D eigenvalue weighted by Gasteiger charge is 2.30. The molecule has 0 unspecified atom stereocenters. The van der Waals surface area contributed by atoms with E-state index >= 15 is 0 Å². The highest BCUT2D eigenvalue weighted by atomic mass is 32.2. The first-order valence-electron chi connectivity index (χ1n) is 8.77. The molecule has 0 atom stereocenters. The Bertz CT molecular complexity index is 747. The van der Waals surface area contributed by atoms with Gasteiger partial charge in [0.1, 0.15) is 0 Å². The Morgan fingerprint density at radius 3 is 2.59 bits per heavy atom. The summed E-state index contributed by atoms with van der Waals surface area (Å²) < 4.78 is 64.7. The lowest BCUT2D eigenvalue weighted by Crippen LogP contribution is -2.41. The second-order valence-electron chi connectivity index (χ2n) is 6.51. The number of sulfonamides is 1. The first-order chi connectivity index (χ1) is 12.7. The lowest BCUT2D eigenvalue weighted by atomic mass is 9.86. The fourth-order valence-electron chi connectivity index (χ4n) is 2.58.